The number of fused-ring (bicyclic) bond motifs is 5. The summed E-state index contributed by atoms with van der Waals surface area (Å²) in [6.45, 7) is 6.81. The molecule has 4 fully saturated rings. The monoisotopic (exact) mass is 508 g/mol. The number of aliphatic hydroxyl groups is 3. The highest BCUT2D eigenvalue weighted by atomic mass is 16.4. The zero-order valence-electron chi connectivity index (χ0n) is 22.3. The molecule has 0 bridgehead atoms. The van der Waals surface area contributed by atoms with Gasteiger partial charge in [0.25, 0.3) is 0 Å². The van der Waals surface area contributed by atoms with Crippen molar-refractivity contribution in [2.45, 2.75) is 116 Å². The van der Waals surface area contributed by atoms with Gasteiger partial charge in [0.15, 0.2) is 0 Å². The van der Waals surface area contributed by atoms with E-state index in [0.717, 1.165) is 57.8 Å². The van der Waals surface area contributed by atoms with Crippen LogP contribution in [0.25, 0.3) is 0 Å². The topological polar surface area (TPSA) is 135 Å². The Bertz CT molecular complexity index is 815. The second kappa shape index (κ2) is 10.5. The van der Waals surface area contributed by atoms with Crippen molar-refractivity contribution in [2.75, 3.05) is 0 Å². The van der Waals surface area contributed by atoms with Gasteiger partial charge in [-0.15, -0.1) is 0 Å². The Morgan fingerprint density at radius 1 is 0.917 bits per heavy atom. The molecule has 7 nitrogen and oxygen atoms in total. The predicted octanol–water partition coefficient (Wildman–Crippen LogP) is 4.32. The van der Waals surface area contributed by atoms with E-state index in [1.165, 1.54) is 0 Å². The lowest BCUT2D eigenvalue weighted by Gasteiger charge is -2.63. The van der Waals surface area contributed by atoms with E-state index in [1.807, 2.05) is 0 Å². The van der Waals surface area contributed by atoms with Crippen LogP contribution in [0.5, 0.6) is 0 Å². The molecule has 36 heavy (non-hydrogen) atoms. The standard InChI is InChI=1S/C29H48O7/c1-16(5-4-6-17(27(35)36)7-10-25(33)34)20-8-9-21-26-22(15-24(32)29(20,21)3)28(2)12-11-19(30)13-18(28)14-23(26)31/h16-24,26,30-32H,4-15H2,1-3H3,(H,33,34)(H,35,36)/t16-,17?,18+,19-,20-,21+,22+,23-,24+,26+,28+,29-/m1/s1. The number of carboxylic acid groups (broad SMARTS) is 2. The van der Waals surface area contributed by atoms with Crippen LogP contribution in [0.1, 0.15) is 97.8 Å². The summed E-state index contributed by atoms with van der Waals surface area (Å²) < 4.78 is 0. The molecule has 1 unspecified atom stereocenters. The molecular formula is C29H48O7. The highest BCUT2D eigenvalue weighted by molar-refractivity contribution is 5.72. The van der Waals surface area contributed by atoms with Crippen molar-refractivity contribution in [3.8, 4) is 0 Å². The van der Waals surface area contributed by atoms with Gasteiger partial charge in [-0.1, -0.05) is 33.6 Å². The number of aliphatic hydroxyl groups excluding tert-OH is 3. The average molecular weight is 509 g/mol. The normalized spacial score (nSPS) is 45.7. The van der Waals surface area contributed by atoms with Gasteiger partial charge in [-0.05, 0) is 104 Å². The molecule has 5 N–H and O–H groups in total. The van der Waals surface area contributed by atoms with E-state index in [4.69, 9.17) is 5.11 Å². The average Bonchev–Trinajstić information content (AvgIpc) is 3.16. The van der Waals surface area contributed by atoms with Gasteiger partial charge in [-0.3, -0.25) is 9.59 Å². The van der Waals surface area contributed by atoms with Crippen LogP contribution in [0.3, 0.4) is 0 Å². The molecule has 0 aliphatic heterocycles. The highest BCUT2D eigenvalue weighted by Gasteiger charge is 2.65. The van der Waals surface area contributed by atoms with Crippen molar-refractivity contribution in [2.24, 2.45) is 52.3 Å². The maximum absolute atomic E-state index is 11.7. The molecule has 12 atom stereocenters. The van der Waals surface area contributed by atoms with E-state index >= 15 is 0 Å². The Morgan fingerprint density at radius 3 is 2.31 bits per heavy atom. The Labute approximate surface area is 215 Å². The van der Waals surface area contributed by atoms with Crippen molar-refractivity contribution >= 4 is 11.9 Å². The van der Waals surface area contributed by atoms with Gasteiger partial charge < -0.3 is 25.5 Å². The quantitative estimate of drug-likeness (QED) is 0.313. The predicted molar refractivity (Wildman–Crippen MR) is 135 cm³/mol. The van der Waals surface area contributed by atoms with Gasteiger partial charge in [-0.25, -0.2) is 0 Å². The summed E-state index contributed by atoms with van der Waals surface area (Å²) in [7, 11) is 0. The summed E-state index contributed by atoms with van der Waals surface area (Å²) in [6.07, 6.45) is 7.12. The third-order valence-electron chi connectivity index (χ3n) is 11.8. The molecule has 0 radical (unpaired) electrons. The van der Waals surface area contributed by atoms with Crippen molar-refractivity contribution in [1.29, 1.82) is 0 Å². The van der Waals surface area contributed by atoms with Gasteiger partial charge in [0.05, 0.1) is 24.2 Å². The van der Waals surface area contributed by atoms with E-state index in [9.17, 15) is 30.0 Å². The van der Waals surface area contributed by atoms with E-state index < -0.39 is 24.0 Å². The van der Waals surface area contributed by atoms with Crippen LogP contribution in [0.2, 0.25) is 0 Å². The SMILES string of the molecule is C[C@H](CCCC(CCC(=O)O)C(=O)O)[C@H]1CC[C@H]2[C@@H]3[C@H](O)C[C@@H]4C[C@H](O)CC[C@]4(C)[C@H]3C[C@H](O)[C@]12C. The summed E-state index contributed by atoms with van der Waals surface area (Å²) in [6, 6.07) is 0. The fourth-order valence-corrected chi connectivity index (χ4v) is 9.71. The van der Waals surface area contributed by atoms with E-state index in [-0.39, 0.29) is 53.6 Å². The molecule has 0 aromatic heterocycles. The summed E-state index contributed by atoms with van der Waals surface area (Å²) in [5.41, 5.74) is -0.189. The van der Waals surface area contributed by atoms with Gasteiger partial charge in [0.1, 0.15) is 0 Å². The van der Waals surface area contributed by atoms with Crippen LogP contribution in [-0.4, -0.2) is 55.8 Å². The van der Waals surface area contributed by atoms with Crippen molar-refractivity contribution in [3.05, 3.63) is 0 Å². The lowest BCUT2D eigenvalue weighted by atomic mass is 9.43. The Morgan fingerprint density at radius 2 is 1.64 bits per heavy atom. The minimum Gasteiger partial charge on any atom is -0.481 e. The second-order valence-electron chi connectivity index (χ2n) is 13.4. The first-order valence-electron chi connectivity index (χ1n) is 14.4. The largest absolute Gasteiger partial charge is 0.481 e. The second-order valence-corrected chi connectivity index (χ2v) is 13.4. The lowest BCUT2D eigenvalue weighted by Crippen LogP contribution is -2.62. The van der Waals surface area contributed by atoms with E-state index in [0.29, 0.717) is 24.2 Å². The summed E-state index contributed by atoms with van der Waals surface area (Å²) in [5, 5.41) is 51.8. The summed E-state index contributed by atoms with van der Waals surface area (Å²) >= 11 is 0. The van der Waals surface area contributed by atoms with Gasteiger partial charge in [0, 0.05) is 6.42 Å². The Hall–Kier alpha value is -1.18. The van der Waals surface area contributed by atoms with Crippen LogP contribution in [0, 0.1) is 52.3 Å². The van der Waals surface area contributed by atoms with E-state index in [1.54, 1.807) is 0 Å². The number of carbonyl (C=O) groups is 2. The number of hydrogen-bond acceptors (Lipinski definition) is 5. The minimum atomic E-state index is -0.960. The van der Waals surface area contributed by atoms with E-state index in [2.05, 4.69) is 20.8 Å². The first-order valence-corrected chi connectivity index (χ1v) is 14.4. The molecular weight excluding hydrogens is 460 g/mol. The van der Waals surface area contributed by atoms with Gasteiger partial charge in [0.2, 0.25) is 0 Å². The molecule has 4 rings (SSSR count). The molecule has 4 aliphatic carbocycles. The molecule has 0 heterocycles. The number of hydrogen-bond donors (Lipinski definition) is 5. The molecule has 4 saturated carbocycles. The fourth-order valence-electron chi connectivity index (χ4n) is 9.71. The zero-order valence-corrected chi connectivity index (χ0v) is 22.3. The van der Waals surface area contributed by atoms with Crippen molar-refractivity contribution < 1.29 is 35.1 Å². The highest BCUT2D eigenvalue weighted by Crippen LogP contribution is 2.68. The summed E-state index contributed by atoms with van der Waals surface area (Å²) in [4.78, 5) is 22.4. The molecule has 0 saturated heterocycles. The molecule has 206 valence electrons. The maximum atomic E-state index is 11.7. The van der Waals surface area contributed by atoms with Crippen molar-refractivity contribution in [3.63, 3.8) is 0 Å². The Balaban J connectivity index is 1.44. The van der Waals surface area contributed by atoms with Crippen LogP contribution in [0.4, 0.5) is 0 Å². The molecule has 0 amide bonds. The third kappa shape index (κ3) is 4.84. The molecule has 0 aromatic carbocycles. The fraction of sp³-hybridized carbons (Fsp3) is 0.931. The van der Waals surface area contributed by atoms with Crippen LogP contribution < -0.4 is 0 Å². The third-order valence-corrected chi connectivity index (χ3v) is 11.8. The molecule has 4 aliphatic rings. The molecule has 7 heteroatoms. The zero-order chi connectivity index (χ0) is 26.4. The molecule has 0 spiro atoms. The first kappa shape index (κ1) is 27.8. The number of rotatable bonds is 9. The first-order chi connectivity index (χ1) is 16.9. The van der Waals surface area contributed by atoms with Gasteiger partial charge in [-0.2, -0.15) is 0 Å². The Kier molecular flexibility index (Phi) is 8.14. The smallest absolute Gasteiger partial charge is 0.306 e. The number of aliphatic carboxylic acids is 2. The van der Waals surface area contributed by atoms with Crippen LogP contribution in [-0.2, 0) is 9.59 Å². The van der Waals surface area contributed by atoms with Crippen LogP contribution in [0.15, 0.2) is 0 Å². The van der Waals surface area contributed by atoms with Crippen molar-refractivity contribution in [1.82, 2.24) is 0 Å². The van der Waals surface area contributed by atoms with Gasteiger partial charge >= 0.3 is 11.9 Å². The minimum absolute atomic E-state index is 0.0664. The molecule has 0 aromatic rings. The van der Waals surface area contributed by atoms with Crippen LogP contribution >= 0.6 is 0 Å². The lowest BCUT2D eigenvalue weighted by molar-refractivity contribution is -0.207. The maximum Gasteiger partial charge on any atom is 0.306 e. The number of carboxylic acids is 2. The summed E-state index contributed by atoms with van der Waals surface area (Å²) in [5.74, 6) is -0.778.